The lowest BCUT2D eigenvalue weighted by atomic mass is 10.1. The van der Waals surface area contributed by atoms with Crippen LogP contribution in [0.3, 0.4) is 0 Å². The number of carboxylic acids is 1. The van der Waals surface area contributed by atoms with Gasteiger partial charge in [0, 0.05) is 20.1 Å². The van der Waals surface area contributed by atoms with E-state index in [4.69, 9.17) is 0 Å². The lowest BCUT2D eigenvalue weighted by Crippen LogP contribution is -2.28. The van der Waals surface area contributed by atoms with Crippen LogP contribution in [-0.4, -0.2) is 20.5 Å². The summed E-state index contributed by atoms with van der Waals surface area (Å²) in [4.78, 5) is 12.3. The summed E-state index contributed by atoms with van der Waals surface area (Å²) in [6.45, 7) is 0. The van der Waals surface area contributed by atoms with Gasteiger partial charge in [0.25, 0.3) is 0 Å². The first-order chi connectivity index (χ1) is 9.58. The Morgan fingerprint density at radius 3 is 2.55 bits per heavy atom. The minimum absolute atomic E-state index is 0.266. The van der Waals surface area contributed by atoms with Gasteiger partial charge in [0.2, 0.25) is 0 Å². The molecule has 0 spiro atoms. The smallest absolute Gasteiger partial charge is 0.319 e. The lowest BCUT2D eigenvalue weighted by Gasteiger charge is -2.12. The third-order valence-corrected chi connectivity index (χ3v) is 6.51. The number of rotatable bonds is 6. The minimum atomic E-state index is -1.45. The summed E-state index contributed by atoms with van der Waals surface area (Å²) >= 11 is 4.86. The lowest BCUT2D eigenvalue weighted by molar-refractivity contribution is -0.136. The fourth-order valence-corrected chi connectivity index (χ4v) is 5.08. The number of hydrogen-bond donors (Lipinski definition) is 1. The topological polar surface area (TPSA) is 54.4 Å². The Hall–Kier alpha value is -0.980. The van der Waals surface area contributed by atoms with E-state index in [1.54, 1.807) is 0 Å². The average Bonchev–Trinajstić information content (AvgIpc) is 2.82. The molecular formula is C14H13BrO3S2. The zero-order valence-electron chi connectivity index (χ0n) is 10.5. The van der Waals surface area contributed by atoms with E-state index in [-0.39, 0.29) is 12.2 Å². The fraction of sp³-hybridized carbons (Fsp3) is 0.214. The van der Waals surface area contributed by atoms with Gasteiger partial charge in [0.1, 0.15) is 5.25 Å². The van der Waals surface area contributed by atoms with Crippen LogP contribution in [-0.2, 0) is 27.8 Å². The van der Waals surface area contributed by atoms with Gasteiger partial charge in [-0.05, 0) is 39.4 Å². The molecule has 2 rings (SSSR count). The SMILES string of the molecule is O=C(O)C(Cc1ccccc1)S(=O)Cc1sccc1Br. The van der Waals surface area contributed by atoms with E-state index in [1.165, 1.54) is 11.3 Å². The Morgan fingerprint density at radius 2 is 2.00 bits per heavy atom. The summed E-state index contributed by atoms with van der Waals surface area (Å²) in [6, 6.07) is 11.2. The number of benzene rings is 1. The van der Waals surface area contributed by atoms with Crippen LogP contribution in [0.4, 0.5) is 0 Å². The molecule has 0 fully saturated rings. The Bertz CT molecular complexity index is 610. The van der Waals surface area contributed by atoms with Crippen molar-refractivity contribution in [1.82, 2.24) is 0 Å². The molecule has 1 aromatic carbocycles. The maximum atomic E-state index is 12.3. The quantitative estimate of drug-likeness (QED) is 0.844. The summed E-state index contributed by atoms with van der Waals surface area (Å²) in [5.41, 5.74) is 0.887. The molecule has 3 nitrogen and oxygen atoms in total. The molecule has 0 amide bonds. The molecule has 1 aromatic heterocycles. The standard InChI is InChI=1S/C14H13BrO3S2/c15-11-6-7-19-12(11)9-20(18)13(14(16)17)8-10-4-2-1-3-5-10/h1-7,13H,8-9H2,(H,16,17). The molecule has 0 aliphatic carbocycles. The van der Waals surface area contributed by atoms with Gasteiger partial charge in [-0.3, -0.25) is 9.00 Å². The van der Waals surface area contributed by atoms with Crippen LogP contribution in [0.25, 0.3) is 0 Å². The van der Waals surface area contributed by atoms with Crippen LogP contribution < -0.4 is 0 Å². The van der Waals surface area contributed by atoms with Crippen LogP contribution in [0.5, 0.6) is 0 Å². The normalized spacial score (nSPS) is 13.8. The van der Waals surface area contributed by atoms with E-state index >= 15 is 0 Å². The Labute approximate surface area is 132 Å². The van der Waals surface area contributed by atoms with Gasteiger partial charge < -0.3 is 5.11 Å². The molecule has 0 bridgehead atoms. The highest BCUT2D eigenvalue weighted by molar-refractivity contribution is 9.10. The Kier molecular flexibility index (Phi) is 5.51. The zero-order chi connectivity index (χ0) is 14.5. The number of hydrogen-bond acceptors (Lipinski definition) is 3. The van der Waals surface area contributed by atoms with Gasteiger partial charge in [-0.1, -0.05) is 30.3 Å². The molecule has 0 aliphatic rings. The first-order valence-electron chi connectivity index (χ1n) is 5.93. The molecule has 2 atom stereocenters. The van der Waals surface area contributed by atoms with Crippen molar-refractivity contribution in [2.75, 3.05) is 0 Å². The highest BCUT2D eigenvalue weighted by atomic mass is 79.9. The van der Waals surface area contributed by atoms with Crippen molar-refractivity contribution in [3.8, 4) is 0 Å². The molecule has 0 saturated heterocycles. The molecular weight excluding hydrogens is 360 g/mol. The molecule has 0 saturated carbocycles. The number of aliphatic carboxylic acids is 1. The second-order valence-corrected chi connectivity index (χ2v) is 7.71. The van der Waals surface area contributed by atoms with Crippen LogP contribution in [0.15, 0.2) is 46.3 Å². The van der Waals surface area contributed by atoms with Gasteiger partial charge in [0.15, 0.2) is 0 Å². The number of halogens is 1. The monoisotopic (exact) mass is 372 g/mol. The van der Waals surface area contributed by atoms with Crippen LogP contribution >= 0.6 is 27.3 Å². The molecule has 6 heteroatoms. The van der Waals surface area contributed by atoms with Gasteiger partial charge in [-0.25, -0.2) is 0 Å². The molecule has 0 aliphatic heterocycles. The van der Waals surface area contributed by atoms with Crippen LogP contribution in [0, 0.1) is 0 Å². The Morgan fingerprint density at radius 1 is 1.30 bits per heavy atom. The van der Waals surface area contributed by atoms with Crippen molar-refractivity contribution in [2.45, 2.75) is 17.4 Å². The van der Waals surface area contributed by atoms with E-state index < -0.39 is 22.0 Å². The average molecular weight is 373 g/mol. The van der Waals surface area contributed by atoms with Gasteiger partial charge in [0.05, 0.1) is 5.75 Å². The van der Waals surface area contributed by atoms with Gasteiger partial charge in [-0.2, -0.15) is 0 Å². The summed E-state index contributed by atoms with van der Waals surface area (Å²) in [6.07, 6.45) is 0.284. The van der Waals surface area contributed by atoms with Crippen molar-refractivity contribution in [1.29, 1.82) is 0 Å². The minimum Gasteiger partial charge on any atom is -0.480 e. The van der Waals surface area contributed by atoms with E-state index in [9.17, 15) is 14.1 Å². The third-order valence-electron chi connectivity index (χ3n) is 2.82. The summed E-state index contributed by atoms with van der Waals surface area (Å²) < 4.78 is 13.2. The maximum Gasteiger partial charge on any atom is 0.319 e. The van der Waals surface area contributed by atoms with E-state index in [2.05, 4.69) is 15.9 Å². The first kappa shape index (κ1) is 15.4. The van der Waals surface area contributed by atoms with Crippen molar-refractivity contribution >= 4 is 44.0 Å². The van der Waals surface area contributed by atoms with E-state index in [1.807, 2.05) is 41.8 Å². The molecule has 106 valence electrons. The largest absolute Gasteiger partial charge is 0.480 e. The second-order valence-electron chi connectivity index (χ2n) is 4.23. The van der Waals surface area contributed by atoms with Crippen LogP contribution in [0.2, 0.25) is 0 Å². The van der Waals surface area contributed by atoms with Gasteiger partial charge >= 0.3 is 5.97 Å². The van der Waals surface area contributed by atoms with E-state index in [0.29, 0.717) is 0 Å². The number of carbonyl (C=O) groups is 1. The molecule has 2 unspecified atom stereocenters. The third kappa shape index (κ3) is 4.01. The molecule has 0 radical (unpaired) electrons. The van der Waals surface area contributed by atoms with Crippen molar-refractivity contribution in [3.63, 3.8) is 0 Å². The Balaban J connectivity index is 2.11. The van der Waals surface area contributed by atoms with Crippen molar-refractivity contribution in [2.24, 2.45) is 0 Å². The molecule has 1 heterocycles. The number of carboxylic acid groups (broad SMARTS) is 1. The first-order valence-corrected chi connectivity index (χ1v) is 8.99. The highest BCUT2D eigenvalue weighted by Gasteiger charge is 2.25. The predicted octanol–water partition coefficient (Wildman–Crippen LogP) is 3.46. The zero-order valence-corrected chi connectivity index (χ0v) is 13.7. The second kappa shape index (κ2) is 7.15. The highest BCUT2D eigenvalue weighted by Crippen LogP contribution is 2.25. The van der Waals surface area contributed by atoms with E-state index in [0.717, 1.165) is 14.9 Å². The number of thiophene rings is 1. The van der Waals surface area contributed by atoms with Crippen LogP contribution in [0.1, 0.15) is 10.4 Å². The molecule has 20 heavy (non-hydrogen) atoms. The predicted molar refractivity (Wildman–Crippen MR) is 85.4 cm³/mol. The molecule has 2 aromatic rings. The van der Waals surface area contributed by atoms with Crippen molar-refractivity contribution in [3.05, 3.63) is 56.7 Å². The fourth-order valence-electron chi connectivity index (χ4n) is 1.78. The summed E-state index contributed by atoms with van der Waals surface area (Å²) in [7, 11) is -1.45. The summed E-state index contributed by atoms with van der Waals surface area (Å²) in [5.74, 6) is -0.748. The van der Waals surface area contributed by atoms with Gasteiger partial charge in [-0.15, -0.1) is 11.3 Å². The maximum absolute atomic E-state index is 12.3. The molecule has 1 N–H and O–H groups in total. The van der Waals surface area contributed by atoms with Crippen molar-refractivity contribution < 1.29 is 14.1 Å². The summed E-state index contributed by atoms with van der Waals surface area (Å²) in [5, 5.41) is 10.3.